The van der Waals surface area contributed by atoms with Crippen LogP contribution in [0.5, 0.6) is 5.88 Å². The molecule has 0 aliphatic carbocycles. The zero-order valence-corrected chi connectivity index (χ0v) is 9.60. The van der Waals surface area contributed by atoms with Crippen molar-refractivity contribution in [2.75, 3.05) is 5.73 Å². The van der Waals surface area contributed by atoms with E-state index in [9.17, 15) is 4.79 Å². The zero-order valence-electron chi connectivity index (χ0n) is 9.60. The largest absolute Gasteiger partial charge is 0.478 e. The molecular weight excluding hydrogens is 208 g/mol. The van der Waals surface area contributed by atoms with Gasteiger partial charge in [0.2, 0.25) is 5.88 Å². The Morgan fingerprint density at radius 2 is 2.12 bits per heavy atom. The highest BCUT2D eigenvalue weighted by atomic mass is 16.5. The number of nitrogen functional groups attached to an aromatic ring is 1. The summed E-state index contributed by atoms with van der Waals surface area (Å²) >= 11 is 0. The lowest BCUT2D eigenvalue weighted by atomic mass is 10.1. The quantitative estimate of drug-likeness (QED) is 0.814. The average Bonchev–Trinajstić information content (AvgIpc) is 2.20. The molecule has 0 bridgehead atoms. The number of carbonyl (C=O) groups is 1. The second kappa shape index (κ2) is 4.83. The smallest absolute Gasteiger partial charge is 0.337 e. The number of anilines is 1. The third kappa shape index (κ3) is 2.85. The molecule has 1 atom stereocenters. The summed E-state index contributed by atoms with van der Waals surface area (Å²) in [5.41, 5.74) is 5.96. The number of nitrogens with two attached hydrogens (primary N) is 1. The summed E-state index contributed by atoms with van der Waals surface area (Å²) in [5.74, 6) is -0.436. The molecule has 1 rings (SSSR count). The number of rotatable bonds is 4. The van der Waals surface area contributed by atoms with Crippen molar-refractivity contribution in [1.29, 1.82) is 0 Å². The minimum atomic E-state index is -1.05. The Hall–Kier alpha value is -1.78. The van der Waals surface area contributed by atoms with Crippen LogP contribution >= 0.6 is 0 Å². The van der Waals surface area contributed by atoms with Gasteiger partial charge in [-0.15, -0.1) is 0 Å². The van der Waals surface area contributed by atoms with Crippen LogP contribution in [0.15, 0.2) is 12.3 Å². The molecule has 3 N–H and O–H groups in total. The monoisotopic (exact) mass is 224 g/mol. The van der Waals surface area contributed by atoms with Crippen molar-refractivity contribution in [3.63, 3.8) is 0 Å². The van der Waals surface area contributed by atoms with E-state index >= 15 is 0 Å². The first kappa shape index (κ1) is 12.3. The number of hydrogen-bond acceptors (Lipinski definition) is 4. The fourth-order valence-electron chi connectivity index (χ4n) is 0.997. The number of aromatic nitrogens is 1. The molecule has 0 saturated carbocycles. The summed E-state index contributed by atoms with van der Waals surface area (Å²) in [6, 6.07) is 1.34. The third-order valence-electron chi connectivity index (χ3n) is 2.36. The summed E-state index contributed by atoms with van der Waals surface area (Å²) < 4.78 is 5.51. The lowest BCUT2D eigenvalue weighted by Gasteiger charge is -2.18. The molecule has 1 aromatic heterocycles. The van der Waals surface area contributed by atoms with Crippen LogP contribution in [0.3, 0.4) is 0 Å². The van der Waals surface area contributed by atoms with E-state index in [2.05, 4.69) is 4.98 Å². The molecule has 5 heteroatoms. The average molecular weight is 224 g/mol. The van der Waals surface area contributed by atoms with Gasteiger partial charge >= 0.3 is 5.97 Å². The lowest BCUT2D eigenvalue weighted by Crippen LogP contribution is -2.20. The van der Waals surface area contributed by atoms with E-state index in [1.54, 1.807) is 0 Å². The van der Waals surface area contributed by atoms with Gasteiger partial charge in [0, 0.05) is 6.20 Å². The molecular formula is C11H16N2O3. The predicted octanol–water partition coefficient (Wildman–Crippen LogP) is 1.79. The van der Waals surface area contributed by atoms with E-state index in [-0.39, 0.29) is 23.2 Å². The topological polar surface area (TPSA) is 85.4 Å². The standard InChI is InChI=1S/C11H16N2O3/c1-6(2)7(3)16-10-9(12)4-8(5-13-10)11(14)15/h4-7H,12H2,1-3H3,(H,14,15). The molecule has 0 amide bonds. The Labute approximate surface area is 94.2 Å². The summed E-state index contributed by atoms with van der Waals surface area (Å²) in [6.07, 6.45) is 1.21. The second-order valence-corrected chi connectivity index (χ2v) is 3.99. The number of nitrogens with zero attached hydrogens (tertiary/aromatic N) is 1. The Kier molecular flexibility index (Phi) is 3.71. The number of hydrogen-bond donors (Lipinski definition) is 2. The second-order valence-electron chi connectivity index (χ2n) is 3.99. The summed E-state index contributed by atoms with van der Waals surface area (Å²) in [4.78, 5) is 14.6. The van der Waals surface area contributed by atoms with Gasteiger partial charge in [0.1, 0.15) is 0 Å². The minimum Gasteiger partial charge on any atom is -0.478 e. The molecule has 0 aliphatic heterocycles. The number of carboxylic acid groups (broad SMARTS) is 1. The van der Waals surface area contributed by atoms with Crippen LogP contribution in [0.2, 0.25) is 0 Å². The summed E-state index contributed by atoms with van der Waals surface area (Å²) in [6.45, 7) is 5.95. The number of pyridine rings is 1. The molecule has 0 aliphatic rings. The maximum absolute atomic E-state index is 10.7. The maximum atomic E-state index is 10.7. The first-order valence-electron chi connectivity index (χ1n) is 5.07. The molecule has 0 fully saturated rings. The van der Waals surface area contributed by atoms with E-state index in [0.717, 1.165) is 0 Å². The van der Waals surface area contributed by atoms with Crippen molar-refractivity contribution in [1.82, 2.24) is 4.98 Å². The SMILES string of the molecule is CC(C)C(C)Oc1ncc(C(=O)O)cc1N. The van der Waals surface area contributed by atoms with Crippen molar-refractivity contribution in [2.45, 2.75) is 26.9 Å². The van der Waals surface area contributed by atoms with Gasteiger partial charge in [-0.25, -0.2) is 9.78 Å². The van der Waals surface area contributed by atoms with E-state index in [1.165, 1.54) is 12.3 Å². The van der Waals surface area contributed by atoms with Crippen LogP contribution in [0.1, 0.15) is 31.1 Å². The number of aromatic carboxylic acids is 1. The van der Waals surface area contributed by atoms with E-state index in [1.807, 2.05) is 20.8 Å². The maximum Gasteiger partial charge on any atom is 0.337 e. The molecule has 1 aromatic rings. The highest BCUT2D eigenvalue weighted by Crippen LogP contribution is 2.21. The van der Waals surface area contributed by atoms with Crippen LogP contribution in [-0.4, -0.2) is 22.2 Å². The lowest BCUT2D eigenvalue weighted by molar-refractivity contribution is 0.0696. The summed E-state index contributed by atoms with van der Waals surface area (Å²) in [5, 5.41) is 8.73. The molecule has 0 spiro atoms. The Morgan fingerprint density at radius 3 is 2.56 bits per heavy atom. The van der Waals surface area contributed by atoms with Gasteiger partial charge < -0.3 is 15.6 Å². The molecule has 88 valence electrons. The molecule has 16 heavy (non-hydrogen) atoms. The van der Waals surface area contributed by atoms with E-state index < -0.39 is 5.97 Å². The molecule has 0 saturated heterocycles. The molecule has 0 aromatic carbocycles. The highest BCUT2D eigenvalue weighted by Gasteiger charge is 2.13. The van der Waals surface area contributed by atoms with Crippen molar-refractivity contribution < 1.29 is 14.6 Å². The number of carboxylic acids is 1. The summed E-state index contributed by atoms with van der Waals surface area (Å²) in [7, 11) is 0. The van der Waals surface area contributed by atoms with Crippen molar-refractivity contribution >= 4 is 11.7 Å². The Bertz CT molecular complexity index is 391. The van der Waals surface area contributed by atoms with Gasteiger partial charge in [-0.1, -0.05) is 13.8 Å². The van der Waals surface area contributed by atoms with Gasteiger partial charge in [-0.3, -0.25) is 0 Å². The zero-order chi connectivity index (χ0) is 12.3. The van der Waals surface area contributed by atoms with Crippen LogP contribution in [0, 0.1) is 5.92 Å². The fourth-order valence-corrected chi connectivity index (χ4v) is 0.997. The normalized spacial score (nSPS) is 12.5. The minimum absolute atomic E-state index is 0.0227. The first-order valence-corrected chi connectivity index (χ1v) is 5.07. The van der Waals surface area contributed by atoms with Gasteiger partial charge in [-0.05, 0) is 18.9 Å². The Balaban J connectivity index is 2.87. The van der Waals surface area contributed by atoms with Crippen LogP contribution in [0.4, 0.5) is 5.69 Å². The van der Waals surface area contributed by atoms with E-state index in [4.69, 9.17) is 15.6 Å². The highest BCUT2D eigenvalue weighted by molar-refractivity contribution is 5.88. The molecule has 0 radical (unpaired) electrons. The van der Waals surface area contributed by atoms with Gasteiger partial charge in [0.15, 0.2) is 0 Å². The molecule has 5 nitrogen and oxygen atoms in total. The van der Waals surface area contributed by atoms with Crippen LogP contribution in [0.25, 0.3) is 0 Å². The van der Waals surface area contributed by atoms with Crippen molar-refractivity contribution in [3.05, 3.63) is 17.8 Å². The van der Waals surface area contributed by atoms with Crippen LogP contribution < -0.4 is 10.5 Å². The first-order chi connectivity index (χ1) is 7.41. The van der Waals surface area contributed by atoms with Gasteiger partial charge in [0.25, 0.3) is 0 Å². The predicted molar refractivity (Wildman–Crippen MR) is 60.5 cm³/mol. The van der Waals surface area contributed by atoms with Gasteiger partial charge in [-0.2, -0.15) is 0 Å². The third-order valence-corrected chi connectivity index (χ3v) is 2.36. The molecule has 1 unspecified atom stereocenters. The Morgan fingerprint density at radius 1 is 1.50 bits per heavy atom. The van der Waals surface area contributed by atoms with Crippen molar-refractivity contribution in [2.24, 2.45) is 5.92 Å². The number of ether oxygens (including phenoxy) is 1. The van der Waals surface area contributed by atoms with E-state index in [0.29, 0.717) is 5.92 Å². The van der Waals surface area contributed by atoms with Crippen molar-refractivity contribution in [3.8, 4) is 5.88 Å². The molecule has 1 heterocycles. The van der Waals surface area contributed by atoms with Crippen LogP contribution in [-0.2, 0) is 0 Å². The van der Waals surface area contributed by atoms with Gasteiger partial charge in [0.05, 0.1) is 17.4 Å². The fraction of sp³-hybridized carbons (Fsp3) is 0.455.